The molecular formula is C18H16N4O2S2. The number of thiophene rings is 1. The van der Waals surface area contributed by atoms with E-state index >= 15 is 0 Å². The Kier molecular flexibility index (Phi) is 4.77. The van der Waals surface area contributed by atoms with Crippen molar-refractivity contribution in [1.82, 2.24) is 14.7 Å². The van der Waals surface area contributed by atoms with Crippen LogP contribution in [0.3, 0.4) is 0 Å². The topological polar surface area (TPSA) is 84.0 Å². The van der Waals surface area contributed by atoms with Crippen LogP contribution in [0.25, 0.3) is 11.4 Å². The van der Waals surface area contributed by atoms with Crippen LogP contribution in [0.2, 0.25) is 0 Å². The fraction of sp³-hybridized carbons (Fsp3) is 0.222. The van der Waals surface area contributed by atoms with Gasteiger partial charge in [-0.05, 0) is 48.0 Å². The average molecular weight is 384 g/mol. The van der Waals surface area contributed by atoms with Crippen LogP contribution in [0.4, 0.5) is 5.69 Å². The minimum atomic E-state index is -0.246. The molecule has 0 spiro atoms. The van der Waals surface area contributed by atoms with Gasteiger partial charge in [0.05, 0.1) is 17.9 Å². The monoisotopic (exact) mass is 384 g/mol. The molecule has 1 aliphatic carbocycles. The molecular weight excluding hydrogens is 368 g/mol. The van der Waals surface area contributed by atoms with Crippen molar-refractivity contribution in [1.29, 1.82) is 0 Å². The molecule has 8 heteroatoms. The number of hydrogen-bond acceptors (Lipinski definition) is 6. The zero-order chi connectivity index (χ0) is 17.9. The maximum absolute atomic E-state index is 12.7. The van der Waals surface area contributed by atoms with Gasteiger partial charge in [-0.25, -0.2) is 0 Å². The quantitative estimate of drug-likeness (QED) is 0.681. The molecule has 2 N–H and O–H groups in total. The van der Waals surface area contributed by atoms with Gasteiger partial charge in [-0.15, -0.1) is 11.3 Å². The molecule has 1 saturated carbocycles. The molecule has 4 rings (SSSR count). The van der Waals surface area contributed by atoms with Gasteiger partial charge in [0.2, 0.25) is 5.91 Å². The Balaban J connectivity index is 1.61. The summed E-state index contributed by atoms with van der Waals surface area (Å²) < 4.78 is 4.39. The number of rotatable bonds is 6. The van der Waals surface area contributed by atoms with Gasteiger partial charge in [0, 0.05) is 17.0 Å². The second-order valence-electron chi connectivity index (χ2n) is 5.98. The molecule has 2 amide bonds. The summed E-state index contributed by atoms with van der Waals surface area (Å²) in [7, 11) is 0. The number of nitrogens with one attached hydrogen (secondary N) is 2. The molecule has 0 aliphatic heterocycles. The molecule has 132 valence electrons. The van der Waals surface area contributed by atoms with E-state index in [0.29, 0.717) is 28.5 Å². The Morgan fingerprint density at radius 2 is 2.08 bits per heavy atom. The minimum Gasteiger partial charge on any atom is -0.346 e. The Bertz CT molecular complexity index is 918. The van der Waals surface area contributed by atoms with Gasteiger partial charge in [-0.3, -0.25) is 14.6 Å². The number of nitrogens with zero attached hydrogens (tertiary/aromatic N) is 2. The molecule has 3 heterocycles. The summed E-state index contributed by atoms with van der Waals surface area (Å²) in [5, 5.41) is 7.77. The fourth-order valence-corrected chi connectivity index (χ4v) is 3.88. The highest BCUT2D eigenvalue weighted by molar-refractivity contribution is 7.10. The van der Waals surface area contributed by atoms with Crippen molar-refractivity contribution in [3.05, 3.63) is 51.7 Å². The maximum Gasteiger partial charge on any atom is 0.265 e. The van der Waals surface area contributed by atoms with Crippen LogP contribution in [-0.2, 0) is 11.3 Å². The van der Waals surface area contributed by atoms with E-state index in [9.17, 15) is 9.59 Å². The lowest BCUT2D eigenvalue weighted by Crippen LogP contribution is -2.23. The average Bonchev–Trinajstić information content (AvgIpc) is 3.23. The third-order valence-electron chi connectivity index (χ3n) is 4.01. The molecule has 3 aromatic rings. The largest absolute Gasteiger partial charge is 0.346 e. The van der Waals surface area contributed by atoms with Gasteiger partial charge in [-0.1, -0.05) is 12.1 Å². The summed E-state index contributed by atoms with van der Waals surface area (Å²) in [6, 6.07) is 9.39. The number of anilines is 1. The first-order valence-electron chi connectivity index (χ1n) is 8.25. The summed E-state index contributed by atoms with van der Waals surface area (Å²) in [5.41, 5.74) is 1.62. The summed E-state index contributed by atoms with van der Waals surface area (Å²) in [6.07, 6.45) is 3.45. The van der Waals surface area contributed by atoms with E-state index in [-0.39, 0.29) is 17.7 Å². The van der Waals surface area contributed by atoms with Gasteiger partial charge in [0.1, 0.15) is 10.6 Å². The van der Waals surface area contributed by atoms with Crippen molar-refractivity contribution in [3.8, 4) is 11.4 Å². The Hall–Kier alpha value is -2.58. The van der Waals surface area contributed by atoms with Crippen LogP contribution in [0.15, 0.2) is 41.9 Å². The zero-order valence-corrected chi connectivity index (χ0v) is 15.4. The molecule has 0 bridgehead atoms. The highest BCUT2D eigenvalue weighted by Gasteiger charge is 2.32. The van der Waals surface area contributed by atoms with E-state index in [1.807, 2.05) is 35.7 Å². The van der Waals surface area contributed by atoms with E-state index in [0.717, 1.165) is 29.3 Å². The molecule has 3 aromatic heterocycles. The highest BCUT2D eigenvalue weighted by Crippen LogP contribution is 2.35. The maximum atomic E-state index is 12.7. The Morgan fingerprint density at radius 1 is 1.19 bits per heavy atom. The molecule has 26 heavy (non-hydrogen) atoms. The third kappa shape index (κ3) is 3.66. The van der Waals surface area contributed by atoms with Crippen LogP contribution in [0.5, 0.6) is 0 Å². The lowest BCUT2D eigenvalue weighted by atomic mass is 10.2. The third-order valence-corrected chi connectivity index (χ3v) is 5.73. The number of carbonyl (C=O) groups excluding carboxylic acids is 2. The molecule has 0 aromatic carbocycles. The molecule has 0 radical (unpaired) electrons. The van der Waals surface area contributed by atoms with Gasteiger partial charge in [0.25, 0.3) is 5.91 Å². The lowest BCUT2D eigenvalue weighted by molar-refractivity contribution is -0.117. The van der Waals surface area contributed by atoms with Gasteiger partial charge in [-0.2, -0.15) is 4.37 Å². The second kappa shape index (κ2) is 7.35. The number of pyridine rings is 1. The minimum absolute atomic E-state index is 0.0357. The SMILES string of the molecule is O=C(NCc1cccs1)c1snc(-c2ccccn2)c1NC(=O)C1CC1. The predicted octanol–water partition coefficient (Wildman–Crippen LogP) is 3.55. The second-order valence-corrected chi connectivity index (χ2v) is 7.78. The van der Waals surface area contributed by atoms with E-state index in [1.165, 1.54) is 0 Å². The Morgan fingerprint density at radius 3 is 2.77 bits per heavy atom. The van der Waals surface area contributed by atoms with Crippen molar-refractivity contribution in [2.45, 2.75) is 19.4 Å². The van der Waals surface area contributed by atoms with Crippen molar-refractivity contribution in [3.63, 3.8) is 0 Å². The smallest absolute Gasteiger partial charge is 0.265 e. The zero-order valence-electron chi connectivity index (χ0n) is 13.8. The first-order valence-corrected chi connectivity index (χ1v) is 9.90. The molecule has 0 unspecified atom stereocenters. The van der Waals surface area contributed by atoms with Crippen LogP contribution in [-0.4, -0.2) is 21.2 Å². The lowest BCUT2D eigenvalue weighted by Gasteiger charge is -2.08. The summed E-state index contributed by atoms with van der Waals surface area (Å²) in [4.78, 5) is 30.7. The molecule has 6 nitrogen and oxygen atoms in total. The summed E-state index contributed by atoms with van der Waals surface area (Å²) >= 11 is 2.66. The first kappa shape index (κ1) is 16.9. The van der Waals surface area contributed by atoms with Crippen molar-refractivity contribution in [2.75, 3.05) is 5.32 Å². The standard InChI is InChI=1S/C18H16N4O2S2/c23-17(11-6-7-11)21-15-14(13-5-1-2-8-19-13)22-26-16(15)18(24)20-10-12-4-3-9-25-12/h1-5,8-9,11H,6-7,10H2,(H,20,24)(H,21,23). The summed E-state index contributed by atoms with van der Waals surface area (Å²) in [6.45, 7) is 0.448. The highest BCUT2D eigenvalue weighted by atomic mass is 32.1. The van der Waals surface area contributed by atoms with E-state index in [2.05, 4.69) is 20.0 Å². The predicted molar refractivity (Wildman–Crippen MR) is 102 cm³/mol. The summed E-state index contributed by atoms with van der Waals surface area (Å²) in [5.74, 6) is -0.271. The van der Waals surface area contributed by atoms with Crippen molar-refractivity contribution >= 4 is 40.4 Å². The van der Waals surface area contributed by atoms with Crippen LogP contribution < -0.4 is 10.6 Å². The van der Waals surface area contributed by atoms with Crippen LogP contribution in [0.1, 0.15) is 27.4 Å². The molecule has 0 atom stereocenters. The molecule has 0 saturated heterocycles. The van der Waals surface area contributed by atoms with Gasteiger partial charge >= 0.3 is 0 Å². The molecule has 1 aliphatic rings. The van der Waals surface area contributed by atoms with E-state index in [1.54, 1.807) is 17.5 Å². The van der Waals surface area contributed by atoms with Crippen LogP contribution >= 0.6 is 22.9 Å². The number of amides is 2. The molecule has 1 fully saturated rings. The first-order chi connectivity index (χ1) is 12.7. The number of carbonyl (C=O) groups is 2. The fourth-order valence-electron chi connectivity index (χ4n) is 2.47. The van der Waals surface area contributed by atoms with E-state index < -0.39 is 0 Å². The Labute approximate surface area is 158 Å². The number of aromatic nitrogens is 2. The van der Waals surface area contributed by atoms with Crippen molar-refractivity contribution in [2.24, 2.45) is 5.92 Å². The normalized spacial score (nSPS) is 13.4. The van der Waals surface area contributed by atoms with Crippen molar-refractivity contribution < 1.29 is 9.59 Å². The van der Waals surface area contributed by atoms with E-state index in [4.69, 9.17) is 0 Å². The van der Waals surface area contributed by atoms with Gasteiger partial charge < -0.3 is 10.6 Å². The number of hydrogen-bond donors (Lipinski definition) is 2. The van der Waals surface area contributed by atoms with Crippen LogP contribution in [0, 0.1) is 5.92 Å². The van der Waals surface area contributed by atoms with Gasteiger partial charge in [0.15, 0.2) is 0 Å².